The molecule has 0 fully saturated rings. The van der Waals surface area contributed by atoms with Gasteiger partial charge in [-0.1, -0.05) is 83.2 Å². The van der Waals surface area contributed by atoms with Crippen molar-refractivity contribution in [2.75, 3.05) is 0 Å². The van der Waals surface area contributed by atoms with Crippen LogP contribution < -0.4 is 0 Å². The summed E-state index contributed by atoms with van der Waals surface area (Å²) < 4.78 is 5.27. The van der Waals surface area contributed by atoms with Gasteiger partial charge in [0.25, 0.3) is 0 Å². The second-order valence-corrected chi connectivity index (χ2v) is 13.5. The highest BCUT2D eigenvalue weighted by Gasteiger charge is 2.32. The van der Waals surface area contributed by atoms with Crippen molar-refractivity contribution in [2.45, 2.75) is 80.1 Å². The number of allylic oxidation sites excluding steroid dienone is 9. The number of fused-ring (bicyclic) bond motifs is 4. The maximum absolute atomic E-state index is 2.73. The first-order valence-electron chi connectivity index (χ1n) is 16.6. The van der Waals surface area contributed by atoms with E-state index in [1.54, 1.807) is 0 Å². The number of aromatic nitrogens is 2. The Kier molecular flexibility index (Phi) is 7.20. The molecule has 220 valence electrons. The van der Waals surface area contributed by atoms with Gasteiger partial charge in [-0.15, -0.1) is 0 Å². The van der Waals surface area contributed by atoms with Gasteiger partial charge in [-0.2, -0.15) is 0 Å². The molecule has 1 atom stereocenters. The van der Waals surface area contributed by atoms with Gasteiger partial charge in [0.2, 0.25) is 0 Å². The van der Waals surface area contributed by atoms with Gasteiger partial charge >= 0.3 is 0 Å². The van der Waals surface area contributed by atoms with Crippen molar-refractivity contribution in [2.24, 2.45) is 17.8 Å². The van der Waals surface area contributed by atoms with Crippen molar-refractivity contribution in [1.29, 1.82) is 0 Å². The first-order valence-corrected chi connectivity index (χ1v) is 16.6. The Morgan fingerprint density at radius 3 is 2.42 bits per heavy atom. The number of hydrogen-bond acceptors (Lipinski definition) is 0. The van der Waals surface area contributed by atoms with Crippen molar-refractivity contribution in [1.82, 2.24) is 9.13 Å². The van der Waals surface area contributed by atoms with Crippen LogP contribution in [0.4, 0.5) is 0 Å². The third-order valence-corrected chi connectivity index (χ3v) is 10.2. The Balaban J connectivity index is 1.59. The van der Waals surface area contributed by atoms with Crippen molar-refractivity contribution >= 4 is 39.3 Å². The Morgan fingerprint density at radius 1 is 0.860 bits per heavy atom. The molecule has 0 amide bonds. The summed E-state index contributed by atoms with van der Waals surface area (Å²) in [4.78, 5) is 0. The molecule has 0 bridgehead atoms. The van der Waals surface area contributed by atoms with Crippen molar-refractivity contribution in [3.8, 4) is 11.3 Å². The second-order valence-electron chi connectivity index (χ2n) is 13.5. The van der Waals surface area contributed by atoms with E-state index in [-0.39, 0.29) is 0 Å². The van der Waals surface area contributed by atoms with Crippen molar-refractivity contribution in [3.63, 3.8) is 0 Å². The van der Waals surface area contributed by atoms with E-state index in [4.69, 9.17) is 0 Å². The van der Waals surface area contributed by atoms with E-state index >= 15 is 0 Å². The molecule has 0 saturated heterocycles. The predicted molar refractivity (Wildman–Crippen MR) is 187 cm³/mol. The number of rotatable bonds is 6. The Hall–Kier alpha value is -3.78. The van der Waals surface area contributed by atoms with E-state index in [1.165, 1.54) is 72.4 Å². The van der Waals surface area contributed by atoms with E-state index in [0.29, 0.717) is 17.8 Å². The van der Waals surface area contributed by atoms with Gasteiger partial charge in [-0.05, 0) is 110 Å². The first kappa shape index (κ1) is 28.0. The van der Waals surface area contributed by atoms with Crippen LogP contribution in [0.1, 0.15) is 82.7 Å². The lowest BCUT2D eigenvalue weighted by Crippen LogP contribution is -2.22. The molecule has 2 aromatic heterocycles. The molecule has 2 nitrogen and oxygen atoms in total. The highest BCUT2D eigenvalue weighted by molar-refractivity contribution is 6.11. The molecule has 4 aromatic rings. The van der Waals surface area contributed by atoms with E-state index < -0.39 is 0 Å². The van der Waals surface area contributed by atoms with E-state index in [9.17, 15) is 0 Å². The molecule has 7 rings (SSSR count). The summed E-state index contributed by atoms with van der Waals surface area (Å²) in [7, 11) is 0. The minimum atomic E-state index is 0.468. The molecule has 2 aromatic carbocycles. The van der Waals surface area contributed by atoms with Gasteiger partial charge in [0.1, 0.15) is 0 Å². The van der Waals surface area contributed by atoms with E-state index in [2.05, 4.69) is 130 Å². The normalized spacial score (nSPS) is 18.5. The van der Waals surface area contributed by atoms with Crippen LogP contribution in [-0.2, 0) is 12.8 Å². The number of aryl methyl sites for hydroxylation is 1. The molecule has 43 heavy (non-hydrogen) atoms. The van der Waals surface area contributed by atoms with Crippen LogP contribution in [0, 0.1) is 24.7 Å². The van der Waals surface area contributed by atoms with E-state index in [0.717, 1.165) is 38.5 Å². The van der Waals surface area contributed by atoms with Gasteiger partial charge in [-0.3, -0.25) is 0 Å². The lowest BCUT2D eigenvalue weighted by atomic mass is 9.80. The molecule has 0 aliphatic heterocycles. The molecule has 0 N–H and O–H groups in total. The fourth-order valence-electron chi connectivity index (χ4n) is 8.02. The van der Waals surface area contributed by atoms with E-state index in [1.807, 2.05) is 0 Å². The molecule has 1 unspecified atom stereocenters. The van der Waals surface area contributed by atoms with Crippen LogP contribution in [0.2, 0.25) is 0 Å². The van der Waals surface area contributed by atoms with Gasteiger partial charge in [0.15, 0.2) is 0 Å². The number of benzene rings is 2. The first-order chi connectivity index (χ1) is 20.9. The third-order valence-electron chi connectivity index (χ3n) is 10.2. The van der Waals surface area contributed by atoms with Crippen LogP contribution >= 0.6 is 0 Å². The Morgan fingerprint density at radius 2 is 1.67 bits per heavy atom. The second kappa shape index (κ2) is 11.1. The van der Waals surface area contributed by atoms with Crippen LogP contribution in [-0.4, -0.2) is 9.13 Å². The van der Waals surface area contributed by atoms with Gasteiger partial charge in [0.05, 0.1) is 16.7 Å². The predicted octanol–water partition coefficient (Wildman–Crippen LogP) is 11.4. The lowest BCUT2D eigenvalue weighted by Gasteiger charge is -2.33. The van der Waals surface area contributed by atoms with Crippen LogP contribution in [0.15, 0.2) is 78.4 Å². The minimum Gasteiger partial charge on any atom is -0.313 e. The maximum Gasteiger partial charge on any atom is 0.0566 e. The zero-order chi connectivity index (χ0) is 29.8. The Bertz CT molecular complexity index is 1890. The fraction of sp³-hybridized carbons (Fsp3) is 0.366. The standard InChI is InChI=1S/C41H46N2/c1-7-29-24-39-36(34-19-12-14-23-38(34)42(39)30-16-9-8-10-17-30)25-35(29)40-28(6)33-18-11-13-22-37(33)43(40)41-31(26(2)3)20-15-21-32(41)27(4)5/h8-9,12-16,19-20,22-27,32H,7,10-11,17-18,21H2,1-6H3. The Labute approximate surface area is 257 Å². The van der Waals surface area contributed by atoms with Gasteiger partial charge in [0, 0.05) is 39.3 Å². The molecule has 2 heterocycles. The minimum absolute atomic E-state index is 0.468. The molecule has 2 heteroatoms. The summed E-state index contributed by atoms with van der Waals surface area (Å²) in [5.74, 6) is 1.53. The number of hydrogen-bond donors (Lipinski definition) is 0. The summed E-state index contributed by atoms with van der Waals surface area (Å²) in [5, 5.41) is 2.71. The highest BCUT2D eigenvalue weighted by Crippen LogP contribution is 2.47. The largest absolute Gasteiger partial charge is 0.313 e. The molecule has 3 aliphatic rings. The monoisotopic (exact) mass is 566 g/mol. The number of nitrogens with zero attached hydrogens (tertiary/aromatic N) is 2. The maximum atomic E-state index is 2.73. The molecule has 0 saturated carbocycles. The molecule has 0 radical (unpaired) electrons. The lowest BCUT2D eigenvalue weighted by molar-refractivity contribution is 0.461. The summed E-state index contributed by atoms with van der Waals surface area (Å²) in [6, 6.07) is 14.1. The zero-order valence-electron chi connectivity index (χ0n) is 26.9. The van der Waals surface area contributed by atoms with Crippen LogP contribution in [0.5, 0.6) is 0 Å². The van der Waals surface area contributed by atoms with Crippen LogP contribution in [0.25, 0.3) is 50.5 Å². The topological polar surface area (TPSA) is 9.86 Å². The summed E-state index contributed by atoms with van der Waals surface area (Å²) in [5.41, 5.74) is 15.7. The molecular formula is C41H46N2. The molecule has 0 spiro atoms. The fourth-order valence-corrected chi connectivity index (χ4v) is 8.02. The van der Waals surface area contributed by atoms with Gasteiger partial charge in [-0.25, -0.2) is 0 Å². The van der Waals surface area contributed by atoms with Crippen molar-refractivity contribution in [3.05, 3.63) is 101 Å². The quantitative estimate of drug-likeness (QED) is 0.220. The zero-order valence-corrected chi connectivity index (χ0v) is 26.9. The smallest absolute Gasteiger partial charge is 0.0566 e. The average Bonchev–Trinajstić information content (AvgIpc) is 3.51. The van der Waals surface area contributed by atoms with Crippen LogP contribution in [0.3, 0.4) is 0 Å². The molecule has 3 aliphatic carbocycles. The van der Waals surface area contributed by atoms with Gasteiger partial charge < -0.3 is 9.13 Å². The summed E-state index contributed by atoms with van der Waals surface area (Å²) in [6.07, 6.45) is 23.0. The third kappa shape index (κ3) is 4.44. The SMILES string of the molecule is CCc1cc2c(cc1-c1c(C)c3c(n1C1=C(C(C)C)C=CCC1C(C)C)C=CCC3)c1ccccc1n2C1=CC=CCC1. The summed E-state index contributed by atoms with van der Waals surface area (Å²) in [6.45, 7) is 14.3. The highest BCUT2D eigenvalue weighted by atomic mass is 15.0. The van der Waals surface area contributed by atoms with Crippen molar-refractivity contribution < 1.29 is 0 Å². The number of para-hydroxylation sites is 1. The summed E-state index contributed by atoms with van der Waals surface area (Å²) >= 11 is 0. The average molecular weight is 567 g/mol. The molecular weight excluding hydrogens is 520 g/mol.